The van der Waals surface area contributed by atoms with Gasteiger partial charge in [0.15, 0.2) is 17.5 Å². The molecule has 1 fully saturated rings. The Kier molecular flexibility index (Phi) is 5.77. The van der Waals surface area contributed by atoms with Crippen molar-refractivity contribution in [3.63, 3.8) is 0 Å². The summed E-state index contributed by atoms with van der Waals surface area (Å²) in [6.07, 6.45) is 0.890. The molecule has 0 aromatic heterocycles. The van der Waals surface area contributed by atoms with Gasteiger partial charge < -0.3 is 25.3 Å². The standard InChI is InChI=1S/C17H26N4O3/c1-13-12-22-10-7-21(13)6-5-19-17(18)20-14-3-4-15-16(11-14)24-9-2-8-23-15/h3-4,11,13H,2,5-10,12H2,1H3,(H3,18,19,20). The highest BCUT2D eigenvalue weighted by Gasteiger charge is 2.17. The van der Waals surface area contributed by atoms with Crippen molar-refractivity contribution in [1.29, 1.82) is 0 Å². The van der Waals surface area contributed by atoms with Crippen LogP contribution >= 0.6 is 0 Å². The van der Waals surface area contributed by atoms with Crippen LogP contribution in [0.1, 0.15) is 13.3 Å². The second-order valence-electron chi connectivity index (χ2n) is 6.06. The first-order chi connectivity index (χ1) is 11.7. The summed E-state index contributed by atoms with van der Waals surface area (Å²) in [6.45, 7) is 7.59. The van der Waals surface area contributed by atoms with Gasteiger partial charge in [-0.2, -0.15) is 0 Å². The molecule has 1 atom stereocenters. The molecule has 0 spiro atoms. The molecule has 1 unspecified atom stereocenters. The fourth-order valence-corrected chi connectivity index (χ4v) is 2.82. The zero-order valence-corrected chi connectivity index (χ0v) is 14.2. The zero-order chi connectivity index (χ0) is 16.8. The van der Waals surface area contributed by atoms with E-state index in [-0.39, 0.29) is 0 Å². The van der Waals surface area contributed by atoms with E-state index in [9.17, 15) is 0 Å². The van der Waals surface area contributed by atoms with Gasteiger partial charge in [-0.3, -0.25) is 9.89 Å². The number of ether oxygens (including phenoxy) is 3. The monoisotopic (exact) mass is 334 g/mol. The van der Waals surface area contributed by atoms with E-state index in [2.05, 4.69) is 22.1 Å². The molecular weight excluding hydrogens is 308 g/mol. The predicted octanol–water partition coefficient (Wildman–Crippen LogP) is 1.30. The van der Waals surface area contributed by atoms with Gasteiger partial charge in [-0.05, 0) is 19.1 Å². The Morgan fingerprint density at radius 3 is 2.96 bits per heavy atom. The summed E-state index contributed by atoms with van der Waals surface area (Å²) in [4.78, 5) is 6.78. The van der Waals surface area contributed by atoms with E-state index < -0.39 is 0 Å². The first-order valence-corrected chi connectivity index (χ1v) is 8.51. The summed E-state index contributed by atoms with van der Waals surface area (Å²) in [5, 5.41) is 3.11. The molecule has 2 aliphatic heterocycles. The molecule has 0 radical (unpaired) electrons. The van der Waals surface area contributed by atoms with E-state index >= 15 is 0 Å². The Hall–Kier alpha value is -1.99. The van der Waals surface area contributed by atoms with Gasteiger partial charge in [-0.15, -0.1) is 0 Å². The molecule has 3 N–H and O–H groups in total. The van der Waals surface area contributed by atoms with Crippen molar-refractivity contribution < 1.29 is 14.2 Å². The maximum absolute atomic E-state index is 5.99. The van der Waals surface area contributed by atoms with Crippen molar-refractivity contribution in [3.8, 4) is 11.5 Å². The molecule has 1 aromatic rings. The molecule has 0 bridgehead atoms. The van der Waals surface area contributed by atoms with Crippen LogP contribution in [-0.4, -0.2) is 63.0 Å². The number of guanidine groups is 1. The summed E-state index contributed by atoms with van der Waals surface area (Å²) < 4.78 is 16.7. The van der Waals surface area contributed by atoms with Crippen LogP contribution in [0.3, 0.4) is 0 Å². The molecule has 24 heavy (non-hydrogen) atoms. The van der Waals surface area contributed by atoms with Crippen LogP contribution in [-0.2, 0) is 4.74 Å². The lowest BCUT2D eigenvalue weighted by atomic mass is 10.2. The Morgan fingerprint density at radius 2 is 2.12 bits per heavy atom. The third-order valence-corrected chi connectivity index (χ3v) is 4.19. The number of nitrogens with zero attached hydrogens (tertiary/aromatic N) is 2. The lowest BCUT2D eigenvalue weighted by molar-refractivity contribution is 0.00142. The highest BCUT2D eigenvalue weighted by molar-refractivity contribution is 5.92. The van der Waals surface area contributed by atoms with Crippen LogP contribution in [0.15, 0.2) is 23.2 Å². The third kappa shape index (κ3) is 4.52. The van der Waals surface area contributed by atoms with Crippen molar-refractivity contribution in [3.05, 3.63) is 18.2 Å². The number of hydrogen-bond acceptors (Lipinski definition) is 5. The van der Waals surface area contributed by atoms with Crippen LogP contribution < -0.4 is 20.5 Å². The minimum atomic E-state index is 0.408. The minimum Gasteiger partial charge on any atom is -0.490 e. The molecule has 1 saturated heterocycles. The largest absolute Gasteiger partial charge is 0.490 e. The van der Waals surface area contributed by atoms with Gasteiger partial charge in [0, 0.05) is 37.3 Å². The predicted molar refractivity (Wildman–Crippen MR) is 94.0 cm³/mol. The smallest absolute Gasteiger partial charge is 0.193 e. The molecule has 2 aliphatic rings. The quantitative estimate of drug-likeness (QED) is 0.638. The Morgan fingerprint density at radius 1 is 1.29 bits per heavy atom. The van der Waals surface area contributed by atoms with Crippen molar-refractivity contribution in [2.75, 3.05) is 51.4 Å². The highest BCUT2D eigenvalue weighted by atomic mass is 16.5. The number of anilines is 1. The molecular formula is C17H26N4O3. The summed E-state index contributed by atoms with van der Waals surface area (Å²) in [7, 11) is 0. The molecule has 0 amide bonds. The number of aliphatic imine (C=N–C) groups is 1. The number of fused-ring (bicyclic) bond motifs is 1. The fraction of sp³-hybridized carbons (Fsp3) is 0.588. The lowest BCUT2D eigenvalue weighted by Gasteiger charge is -2.32. The number of benzene rings is 1. The van der Waals surface area contributed by atoms with Crippen LogP contribution in [0.2, 0.25) is 0 Å². The molecule has 0 saturated carbocycles. The van der Waals surface area contributed by atoms with E-state index in [1.807, 2.05) is 18.2 Å². The van der Waals surface area contributed by atoms with Crippen LogP contribution in [0, 0.1) is 0 Å². The lowest BCUT2D eigenvalue weighted by Crippen LogP contribution is -2.44. The van der Waals surface area contributed by atoms with Gasteiger partial charge >= 0.3 is 0 Å². The zero-order valence-electron chi connectivity index (χ0n) is 14.2. The maximum atomic E-state index is 5.99. The van der Waals surface area contributed by atoms with E-state index in [0.717, 1.165) is 49.9 Å². The average molecular weight is 334 g/mol. The minimum absolute atomic E-state index is 0.408. The summed E-state index contributed by atoms with van der Waals surface area (Å²) in [5.41, 5.74) is 6.83. The Balaban J connectivity index is 1.52. The number of rotatable bonds is 4. The highest BCUT2D eigenvalue weighted by Crippen LogP contribution is 2.32. The second-order valence-corrected chi connectivity index (χ2v) is 6.06. The van der Waals surface area contributed by atoms with Gasteiger partial charge in [0.1, 0.15) is 0 Å². The third-order valence-electron chi connectivity index (χ3n) is 4.19. The van der Waals surface area contributed by atoms with Crippen LogP contribution in [0.4, 0.5) is 5.69 Å². The van der Waals surface area contributed by atoms with Crippen molar-refractivity contribution >= 4 is 11.6 Å². The molecule has 0 aliphatic carbocycles. The van der Waals surface area contributed by atoms with E-state index in [4.69, 9.17) is 19.9 Å². The Labute approximate surface area is 142 Å². The number of nitrogens with one attached hydrogen (secondary N) is 1. The van der Waals surface area contributed by atoms with Crippen molar-refractivity contribution in [2.45, 2.75) is 19.4 Å². The summed E-state index contributed by atoms with van der Waals surface area (Å²) in [5.74, 6) is 1.92. The average Bonchev–Trinajstić information content (AvgIpc) is 2.81. The maximum Gasteiger partial charge on any atom is 0.193 e. The molecule has 1 aromatic carbocycles. The van der Waals surface area contributed by atoms with E-state index in [0.29, 0.717) is 31.8 Å². The Bertz CT molecular complexity index is 579. The van der Waals surface area contributed by atoms with E-state index in [1.165, 1.54) is 0 Å². The first kappa shape index (κ1) is 16.9. The first-order valence-electron chi connectivity index (χ1n) is 8.51. The molecule has 132 valence electrons. The normalized spacial score (nSPS) is 22.0. The molecule has 3 rings (SSSR count). The summed E-state index contributed by atoms with van der Waals surface area (Å²) in [6, 6.07) is 6.14. The number of hydrogen-bond donors (Lipinski definition) is 2. The SMILES string of the molecule is CC1COCCN1CCN=C(N)Nc1ccc2c(c1)OCCCO2. The number of nitrogens with two attached hydrogens (primary N) is 1. The van der Waals surface area contributed by atoms with Crippen LogP contribution in [0.25, 0.3) is 0 Å². The van der Waals surface area contributed by atoms with Gasteiger partial charge in [-0.25, -0.2) is 0 Å². The van der Waals surface area contributed by atoms with Crippen molar-refractivity contribution in [2.24, 2.45) is 10.7 Å². The molecule has 7 nitrogen and oxygen atoms in total. The second kappa shape index (κ2) is 8.21. The van der Waals surface area contributed by atoms with Crippen LogP contribution in [0.5, 0.6) is 11.5 Å². The molecule has 7 heteroatoms. The number of morpholine rings is 1. The topological polar surface area (TPSA) is 81.3 Å². The van der Waals surface area contributed by atoms with Gasteiger partial charge in [0.05, 0.1) is 33.0 Å². The summed E-state index contributed by atoms with van der Waals surface area (Å²) >= 11 is 0. The van der Waals surface area contributed by atoms with E-state index in [1.54, 1.807) is 0 Å². The van der Waals surface area contributed by atoms with Crippen molar-refractivity contribution in [1.82, 2.24) is 4.90 Å². The van der Waals surface area contributed by atoms with Gasteiger partial charge in [0.25, 0.3) is 0 Å². The molecule has 2 heterocycles. The van der Waals surface area contributed by atoms with Gasteiger partial charge in [-0.1, -0.05) is 0 Å². The fourth-order valence-electron chi connectivity index (χ4n) is 2.82. The van der Waals surface area contributed by atoms with Gasteiger partial charge in [0.2, 0.25) is 0 Å².